The smallest absolute Gasteiger partial charge is 0.246 e. The van der Waals surface area contributed by atoms with Crippen LogP contribution in [0.3, 0.4) is 0 Å². The van der Waals surface area contributed by atoms with Gasteiger partial charge in [-0.3, -0.25) is 9.59 Å². The van der Waals surface area contributed by atoms with E-state index in [4.69, 9.17) is 4.74 Å². The molecule has 0 spiro atoms. The molecule has 2 heterocycles. The zero-order valence-corrected chi connectivity index (χ0v) is 17.3. The third-order valence-electron chi connectivity index (χ3n) is 5.54. The quantitative estimate of drug-likeness (QED) is 0.768. The van der Waals surface area contributed by atoms with E-state index in [1.807, 2.05) is 55.5 Å². The fourth-order valence-electron chi connectivity index (χ4n) is 3.80. The number of hydrogen-bond donors (Lipinski definition) is 2. The Bertz CT molecular complexity index is 876. The first-order chi connectivity index (χ1) is 14.6. The van der Waals surface area contributed by atoms with Crippen LogP contribution < -0.4 is 20.4 Å². The highest BCUT2D eigenvalue weighted by molar-refractivity contribution is 5.97. The second-order valence-corrected chi connectivity index (χ2v) is 7.70. The van der Waals surface area contributed by atoms with E-state index in [0.29, 0.717) is 6.42 Å². The predicted molar refractivity (Wildman–Crippen MR) is 119 cm³/mol. The Labute approximate surface area is 177 Å². The Kier molecular flexibility index (Phi) is 6.18. The number of amides is 2. The van der Waals surface area contributed by atoms with Crippen molar-refractivity contribution in [3.8, 4) is 0 Å². The molecule has 1 atom stereocenters. The van der Waals surface area contributed by atoms with Gasteiger partial charge >= 0.3 is 0 Å². The molecule has 2 aliphatic rings. The van der Waals surface area contributed by atoms with Gasteiger partial charge in [-0.25, -0.2) is 0 Å². The second-order valence-electron chi connectivity index (χ2n) is 7.70. The van der Waals surface area contributed by atoms with Gasteiger partial charge in [0.05, 0.1) is 13.2 Å². The predicted octanol–water partition coefficient (Wildman–Crippen LogP) is 3.09. The van der Waals surface area contributed by atoms with Crippen molar-refractivity contribution in [3.05, 3.63) is 48.5 Å². The average Bonchev–Trinajstić information content (AvgIpc) is 3.21. The molecule has 158 valence electrons. The van der Waals surface area contributed by atoms with Crippen molar-refractivity contribution in [2.45, 2.75) is 25.8 Å². The number of carbonyl (C=O) groups is 2. The highest BCUT2D eigenvalue weighted by Crippen LogP contribution is 2.23. The number of morpholine rings is 1. The lowest BCUT2D eigenvalue weighted by Crippen LogP contribution is -2.36. The molecule has 30 heavy (non-hydrogen) atoms. The van der Waals surface area contributed by atoms with Crippen molar-refractivity contribution in [3.63, 3.8) is 0 Å². The van der Waals surface area contributed by atoms with Gasteiger partial charge in [0.25, 0.3) is 0 Å². The van der Waals surface area contributed by atoms with E-state index in [1.54, 1.807) is 4.90 Å². The van der Waals surface area contributed by atoms with Crippen LogP contribution in [0.15, 0.2) is 48.5 Å². The maximum Gasteiger partial charge on any atom is 0.246 e. The summed E-state index contributed by atoms with van der Waals surface area (Å²) in [6, 6.07) is 15.1. The summed E-state index contributed by atoms with van der Waals surface area (Å²) in [5, 5.41) is 6.17. The van der Waals surface area contributed by atoms with Gasteiger partial charge in [-0.05, 0) is 61.9 Å². The Morgan fingerprint density at radius 1 is 0.933 bits per heavy atom. The number of nitrogens with one attached hydrogen (secondary N) is 2. The summed E-state index contributed by atoms with van der Waals surface area (Å²) < 4.78 is 5.39. The molecule has 2 amide bonds. The number of ether oxygens (including phenoxy) is 1. The van der Waals surface area contributed by atoms with Gasteiger partial charge in [0.15, 0.2) is 0 Å². The summed E-state index contributed by atoms with van der Waals surface area (Å²) in [6.07, 6.45) is 1.52. The number of anilines is 4. The van der Waals surface area contributed by atoms with Crippen LogP contribution in [0.2, 0.25) is 0 Å². The zero-order valence-electron chi connectivity index (χ0n) is 17.3. The van der Waals surface area contributed by atoms with E-state index in [0.717, 1.165) is 62.0 Å². The molecule has 4 rings (SSSR count). The normalized spacial score (nSPS) is 17.7. The van der Waals surface area contributed by atoms with Crippen LogP contribution in [-0.2, 0) is 14.3 Å². The maximum absolute atomic E-state index is 12.6. The molecule has 0 bridgehead atoms. The van der Waals surface area contributed by atoms with Crippen molar-refractivity contribution in [2.24, 2.45) is 0 Å². The van der Waals surface area contributed by atoms with Crippen LogP contribution >= 0.6 is 0 Å². The lowest BCUT2D eigenvalue weighted by Gasteiger charge is -2.29. The van der Waals surface area contributed by atoms with Gasteiger partial charge < -0.3 is 25.2 Å². The fourth-order valence-corrected chi connectivity index (χ4v) is 3.80. The highest BCUT2D eigenvalue weighted by Gasteiger charge is 2.21. The number of benzene rings is 2. The Morgan fingerprint density at radius 3 is 2.20 bits per heavy atom. The molecule has 2 N–H and O–H groups in total. The fraction of sp³-hybridized carbons (Fsp3) is 0.391. The van der Waals surface area contributed by atoms with Gasteiger partial charge in [-0.2, -0.15) is 0 Å². The molecule has 0 unspecified atom stereocenters. The van der Waals surface area contributed by atoms with Crippen molar-refractivity contribution < 1.29 is 14.3 Å². The van der Waals surface area contributed by atoms with E-state index < -0.39 is 6.04 Å². The number of rotatable bonds is 6. The molecule has 2 saturated heterocycles. The van der Waals surface area contributed by atoms with Crippen LogP contribution in [0, 0.1) is 0 Å². The molecule has 2 aliphatic heterocycles. The molecular weight excluding hydrogens is 380 g/mol. The Morgan fingerprint density at radius 2 is 1.57 bits per heavy atom. The SMILES string of the molecule is C[C@@H](Nc1ccc(N2CCCC2=O)cc1)C(=O)Nc1ccc(N2CCOCC2)cc1. The van der Waals surface area contributed by atoms with E-state index >= 15 is 0 Å². The van der Waals surface area contributed by atoms with E-state index in [1.165, 1.54) is 0 Å². The van der Waals surface area contributed by atoms with Crippen LogP contribution in [0.1, 0.15) is 19.8 Å². The molecule has 7 nitrogen and oxygen atoms in total. The minimum absolute atomic E-state index is 0.104. The lowest BCUT2D eigenvalue weighted by atomic mass is 10.2. The third kappa shape index (κ3) is 4.74. The second kappa shape index (κ2) is 9.17. The highest BCUT2D eigenvalue weighted by atomic mass is 16.5. The monoisotopic (exact) mass is 408 g/mol. The molecular formula is C23H28N4O3. The first-order valence-corrected chi connectivity index (χ1v) is 10.5. The molecule has 0 radical (unpaired) electrons. The number of nitrogens with zero attached hydrogens (tertiary/aromatic N) is 2. The van der Waals surface area contributed by atoms with Gasteiger partial charge in [-0.1, -0.05) is 0 Å². The summed E-state index contributed by atoms with van der Waals surface area (Å²) >= 11 is 0. The van der Waals surface area contributed by atoms with Gasteiger partial charge in [0, 0.05) is 48.8 Å². The third-order valence-corrected chi connectivity index (χ3v) is 5.54. The molecule has 0 saturated carbocycles. The number of hydrogen-bond acceptors (Lipinski definition) is 5. The minimum atomic E-state index is -0.400. The molecule has 2 aromatic rings. The van der Waals surface area contributed by atoms with Crippen molar-refractivity contribution in [1.29, 1.82) is 0 Å². The molecule has 0 aliphatic carbocycles. The van der Waals surface area contributed by atoms with E-state index in [2.05, 4.69) is 15.5 Å². The standard InChI is InChI=1S/C23H28N4O3/c1-17(24-18-6-10-21(11-7-18)27-12-2-3-22(27)28)23(29)25-19-4-8-20(9-5-19)26-13-15-30-16-14-26/h4-11,17,24H,2-3,12-16H2,1H3,(H,25,29)/t17-/m1/s1. The summed E-state index contributed by atoms with van der Waals surface area (Å²) in [5.74, 6) is 0.0658. The first-order valence-electron chi connectivity index (χ1n) is 10.5. The van der Waals surface area contributed by atoms with Crippen LogP contribution in [0.5, 0.6) is 0 Å². The number of carbonyl (C=O) groups excluding carboxylic acids is 2. The van der Waals surface area contributed by atoms with Gasteiger partial charge in [-0.15, -0.1) is 0 Å². The largest absolute Gasteiger partial charge is 0.378 e. The van der Waals surface area contributed by atoms with Crippen LogP contribution in [-0.4, -0.2) is 50.7 Å². The van der Waals surface area contributed by atoms with Crippen LogP contribution in [0.4, 0.5) is 22.7 Å². The van der Waals surface area contributed by atoms with Crippen molar-refractivity contribution in [1.82, 2.24) is 0 Å². The Balaban J connectivity index is 1.30. The molecule has 2 fully saturated rings. The topological polar surface area (TPSA) is 73.9 Å². The minimum Gasteiger partial charge on any atom is -0.378 e. The Hall–Kier alpha value is -3.06. The van der Waals surface area contributed by atoms with Gasteiger partial charge in [0.2, 0.25) is 11.8 Å². The zero-order chi connectivity index (χ0) is 20.9. The maximum atomic E-state index is 12.6. The summed E-state index contributed by atoms with van der Waals surface area (Å²) in [7, 11) is 0. The lowest BCUT2D eigenvalue weighted by molar-refractivity contribution is -0.117. The first kappa shape index (κ1) is 20.2. The van der Waals surface area contributed by atoms with Crippen molar-refractivity contribution in [2.75, 3.05) is 53.3 Å². The summed E-state index contributed by atoms with van der Waals surface area (Å²) in [6.45, 7) is 5.87. The molecule has 0 aromatic heterocycles. The van der Waals surface area contributed by atoms with E-state index in [-0.39, 0.29) is 11.8 Å². The van der Waals surface area contributed by atoms with Crippen molar-refractivity contribution >= 4 is 34.6 Å². The van der Waals surface area contributed by atoms with Crippen LogP contribution in [0.25, 0.3) is 0 Å². The van der Waals surface area contributed by atoms with E-state index in [9.17, 15) is 9.59 Å². The summed E-state index contributed by atoms with van der Waals surface area (Å²) in [5.41, 5.74) is 3.66. The summed E-state index contributed by atoms with van der Waals surface area (Å²) in [4.78, 5) is 28.5. The molecule has 2 aromatic carbocycles. The average molecular weight is 409 g/mol. The molecule has 7 heteroatoms. The van der Waals surface area contributed by atoms with Gasteiger partial charge in [0.1, 0.15) is 6.04 Å².